The van der Waals surface area contributed by atoms with E-state index in [1.807, 2.05) is 0 Å². The number of benzene rings is 1. The molecule has 0 aliphatic rings. The van der Waals surface area contributed by atoms with E-state index in [1.54, 1.807) is 0 Å². The molecule has 1 aromatic rings. The van der Waals surface area contributed by atoms with Gasteiger partial charge in [0, 0.05) is 0 Å². The number of amides is 1. The number of carboxylic acids is 1. The van der Waals surface area contributed by atoms with Gasteiger partial charge in [-0.05, 0) is 25.1 Å². The highest BCUT2D eigenvalue weighted by atomic mass is 35.5. The molecule has 0 bridgehead atoms. The van der Waals surface area contributed by atoms with Gasteiger partial charge in [0.15, 0.2) is 6.61 Å². The lowest BCUT2D eigenvalue weighted by molar-refractivity contribution is -0.139. The Morgan fingerprint density at radius 3 is 2.57 bits per heavy atom. The number of carbonyl (C=O) groups is 2. The highest BCUT2D eigenvalue weighted by Crippen LogP contribution is 2.27. The minimum Gasteiger partial charge on any atom is -0.480 e. The van der Waals surface area contributed by atoms with Crippen LogP contribution < -0.4 is 15.2 Å². The van der Waals surface area contributed by atoms with Gasteiger partial charge in [-0.2, -0.15) is 4.72 Å². The smallest absolute Gasteiger partial charge is 0.341 e. The first-order valence-corrected chi connectivity index (χ1v) is 7.45. The number of rotatable bonds is 7. The molecule has 0 saturated heterocycles. The molecule has 10 heteroatoms. The Labute approximate surface area is 125 Å². The number of halogens is 1. The van der Waals surface area contributed by atoms with Crippen LogP contribution >= 0.6 is 11.6 Å². The Hall–Kier alpha value is -1.84. The topological polar surface area (TPSA) is 136 Å². The van der Waals surface area contributed by atoms with Gasteiger partial charge in [0.1, 0.15) is 5.75 Å². The quantitative estimate of drug-likeness (QED) is 0.639. The molecule has 21 heavy (non-hydrogen) atoms. The first kappa shape index (κ1) is 17.2. The fourth-order valence-corrected chi connectivity index (χ4v) is 2.80. The number of ether oxygens (including phenoxy) is 1. The summed E-state index contributed by atoms with van der Waals surface area (Å²) >= 11 is 5.82. The van der Waals surface area contributed by atoms with Crippen molar-refractivity contribution in [2.45, 2.75) is 17.9 Å². The van der Waals surface area contributed by atoms with Crippen molar-refractivity contribution in [3.05, 3.63) is 23.2 Å². The van der Waals surface area contributed by atoms with Crippen LogP contribution in [0.2, 0.25) is 5.02 Å². The Balaban J connectivity index is 2.97. The highest BCUT2D eigenvalue weighted by molar-refractivity contribution is 7.89. The zero-order chi connectivity index (χ0) is 16.2. The van der Waals surface area contributed by atoms with E-state index in [0.29, 0.717) is 0 Å². The number of carbonyl (C=O) groups excluding carboxylic acids is 1. The van der Waals surface area contributed by atoms with Crippen molar-refractivity contribution in [3.8, 4) is 5.75 Å². The molecule has 0 spiro atoms. The number of nitrogens with two attached hydrogens (primary N) is 1. The van der Waals surface area contributed by atoms with Crippen molar-refractivity contribution < 1.29 is 27.9 Å². The molecule has 0 saturated carbocycles. The van der Waals surface area contributed by atoms with Gasteiger partial charge in [-0.3, -0.25) is 4.79 Å². The van der Waals surface area contributed by atoms with Crippen LogP contribution in [0.5, 0.6) is 5.75 Å². The average Bonchev–Trinajstić information content (AvgIpc) is 2.36. The van der Waals surface area contributed by atoms with Crippen LogP contribution in [-0.4, -0.2) is 38.0 Å². The van der Waals surface area contributed by atoms with Crippen LogP contribution in [0, 0.1) is 0 Å². The van der Waals surface area contributed by atoms with Crippen molar-refractivity contribution in [2.24, 2.45) is 5.73 Å². The largest absolute Gasteiger partial charge is 0.480 e. The second kappa shape index (κ2) is 6.74. The summed E-state index contributed by atoms with van der Waals surface area (Å²) < 4.78 is 30.9. The molecular weight excluding hydrogens is 324 g/mol. The van der Waals surface area contributed by atoms with E-state index < -0.39 is 34.5 Å². The lowest BCUT2D eigenvalue weighted by atomic mass is 10.3. The summed E-state index contributed by atoms with van der Waals surface area (Å²) in [6.07, 6.45) is 0. The summed E-state index contributed by atoms with van der Waals surface area (Å²) in [5.74, 6) is -1.99. The molecule has 0 aliphatic carbocycles. The third-order valence-electron chi connectivity index (χ3n) is 2.32. The summed E-state index contributed by atoms with van der Waals surface area (Å²) in [6, 6.07) is 2.37. The SMILES string of the molecule is C[C@H](NS(=O)(=O)c1ccc(OCC(=O)O)c(Cl)c1)C(N)=O. The molecule has 1 aromatic carbocycles. The number of hydrogen-bond acceptors (Lipinski definition) is 5. The van der Waals surface area contributed by atoms with Gasteiger partial charge >= 0.3 is 5.97 Å². The molecule has 0 heterocycles. The molecule has 1 atom stereocenters. The normalized spacial score (nSPS) is 12.7. The molecule has 116 valence electrons. The Morgan fingerprint density at radius 1 is 1.48 bits per heavy atom. The number of hydrogen-bond donors (Lipinski definition) is 3. The van der Waals surface area contributed by atoms with Crippen LogP contribution in [0.25, 0.3) is 0 Å². The van der Waals surface area contributed by atoms with Crippen molar-refractivity contribution in [2.75, 3.05) is 6.61 Å². The van der Waals surface area contributed by atoms with Gasteiger partial charge in [0.25, 0.3) is 0 Å². The number of carboxylic acid groups (broad SMARTS) is 1. The van der Waals surface area contributed by atoms with E-state index in [0.717, 1.165) is 6.07 Å². The third kappa shape index (κ3) is 4.88. The van der Waals surface area contributed by atoms with E-state index in [1.165, 1.54) is 19.1 Å². The van der Waals surface area contributed by atoms with Crippen LogP contribution in [0.4, 0.5) is 0 Å². The van der Waals surface area contributed by atoms with Crippen molar-refractivity contribution in [3.63, 3.8) is 0 Å². The summed E-state index contributed by atoms with van der Waals surface area (Å²) in [5, 5.41) is 8.41. The molecule has 0 unspecified atom stereocenters. The van der Waals surface area contributed by atoms with Gasteiger partial charge in [0.05, 0.1) is 16.0 Å². The predicted molar refractivity (Wildman–Crippen MR) is 73.6 cm³/mol. The number of sulfonamides is 1. The van der Waals surface area contributed by atoms with Crippen molar-refractivity contribution in [1.29, 1.82) is 0 Å². The van der Waals surface area contributed by atoms with Gasteiger partial charge in [0.2, 0.25) is 15.9 Å². The predicted octanol–water partition coefficient (Wildman–Crippen LogP) is -0.0445. The van der Waals surface area contributed by atoms with Crippen molar-refractivity contribution in [1.82, 2.24) is 4.72 Å². The van der Waals surface area contributed by atoms with E-state index >= 15 is 0 Å². The van der Waals surface area contributed by atoms with Crippen LogP contribution in [0.15, 0.2) is 23.1 Å². The molecule has 1 amide bonds. The molecule has 0 aromatic heterocycles. The molecule has 0 fully saturated rings. The summed E-state index contributed by atoms with van der Waals surface area (Å²) in [7, 11) is -3.98. The molecule has 0 aliphatic heterocycles. The highest BCUT2D eigenvalue weighted by Gasteiger charge is 2.21. The second-order valence-corrected chi connectivity index (χ2v) is 6.14. The zero-order valence-corrected chi connectivity index (χ0v) is 12.4. The second-order valence-electron chi connectivity index (χ2n) is 4.02. The van der Waals surface area contributed by atoms with Crippen LogP contribution in [0.1, 0.15) is 6.92 Å². The first-order chi connectivity index (χ1) is 9.63. The van der Waals surface area contributed by atoms with Gasteiger partial charge in [-0.1, -0.05) is 11.6 Å². The maximum absolute atomic E-state index is 12.0. The van der Waals surface area contributed by atoms with E-state index in [4.69, 9.17) is 27.2 Å². The minimum absolute atomic E-state index is 0.0287. The maximum Gasteiger partial charge on any atom is 0.341 e. The molecule has 8 nitrogen and oxygen atoms in total. The number of primary amides is 1. The molecule has 1 rings (SSSR count). The summed E-state index contributed by atoms with van der Waals surface area (Å²) in [5.41, 5.74) is 4.98. The van der Waals surface area contributed by atoms with Crippen LogP contribution in [-0.2, 0) is 19.6 Å². The van der Waals surface area contributed by atoms with Gasteiger partial charge in [-0.25, -0.2) is 13.2 Å². The minimum atomic E-state index is -3.98. The first-order valence-electron chi connectivity index (χ1n) is 5.59. The lowest BCUT2D eigenvalue weighted by Crippen LogP contribution is -2.42. The van der Waals surface area contributed by atoms with Gasteiger partial charge < -0.3 is 15.6 Å². The van der Waals surface area contributed by atoms with Crippen LogP contribution in [0.3, 0.4) is 0 Å². The molecule has 4 N–H and O–H groups in total. The summed E-state index contributed by atoms with van der Waals surface area (Å²) in [4.78, 5) is 21.0. The standard InChI is InChI=1S/C11H13ClN2O6S/c1-6(11(13)17)14-21(18,19)7-2-3-9(8(12)4-7)20-5-10(15)16/h2-4,6,14H,5H2,1H3,(H2,13,17)(H,15,16)/t6-/m0/s1. The Kier molecular flexibility index (Phi) is 5.53. The fraction of sp³-hybridized carbons (Fsp3) is 0.273. The number of nitrogens with one attached hydrogen (secondary N) is 1. The number of aliphatic carboxylic acids is 1. The summed E-state index contributed by atoms with van der Waals surface area (Å²) in [6.45, 7) is 0.689. The average molecular weight is 337 g/mol. The maximum atomic E-state index is 12.0. The van der Waals surface area contributed by atoms with Gasteiger partial charge in [-0.15, -0.1) is 0 Å². The zero-order valence-electron chi connectivity index (χ0n) is 10.9. The van der Waals surface area contributed by atoms with E-state index in [2.05, 4.69) is 4.72 Å². The Morgan fingerprint density at radius 2 is 2.10 bits per heavy atom. The lowest BCUT2D eigenvalue weighted by Gasteiger charge is -2.12. The van der Waals surface area contributed by atoms with E-state index in [-0.39, 0.29) is 15.7 Å². The fourth-order valence-electron chi connectivity index (χ4n) is 1.26. The molecule has 0 radical (unpaired) electrons. The monoisotopic (exact) mass is 336 g/mol. The Bertz CT molecular complexity index is 661. The van der Waals surface area contributed by atoms with E-state index in [9.17, 15) is 18.0 Å². The third-order valence-corrected chi connectivity index (χ3v) is 4.16. The molecular formula is C11H13ClN2O6S. The van der Waals surface area contributed by atoms with Crippen molar-refractivity contribution >= 4 is 33.5 Å².